The molecule has 4 heterocycles. The molecule has 0 saturated carbocycles. The summed E-state index contributed by atoms with van der Waals surface area (Å²) in [5.74, 6) is 1.77. The molecule has 31 heavy (non-hydrogen) atoms. The summed E-state index contributed by atoms with van der Waals surface area (Å²) >= 11 is 3.11. The number of aromatic nitrogens is 4. The van der Waals surface area contributed by atoms with Gasteiger partial charge in [-0.05, 0) is 42.6 Å². The standard InChI is InChI=1S/C21H24N6O2S2/c1-29-15-5-3-14(4-6-15)11-26-20-18(19-23-13-24-27(19)21(26)28)16-7-9-25(8-2-10-30-22)12-17(16)31-20/h3-6,13H,2,7-12,22H2,1H3. The van der Waals surface area contributed by atoms with E-state index in [1.54, 1.807) is 18.4 Å². The summed E-state index contributed by atoms with van der Waals surface area (Å²) in [5.41, 5.74) is 2.85. The van der Waals surface area contributed by atoms with Crippen LogP contribution in [0.2, 0.25) is 0 Å². The maximum absolute atomic E-state index is 13.3. The average molecular weight is 457 g/mol. The van der Waals surface area contributed by atoms with Crippen LogP contribution in [-0.2, 0) is 19.5 Å². The summed E-state index contributed by atoms with van der Waals surface area (Å²) in [6, 6.07) is 7.83. The molecule has 10 heteroatoms. The van der Waals surface area contributed by atoms with Gasteiger partial charge in [-0.2, -0.15) is 9.61 Å². The Morgan fingerprint density at radius 3 is 2.90 bits per heavy atom. The number of thiophene rings is 1. The minimum Gasteiger partial charge on any atom is -0.497 e. The summed E-state index contributed by atoms with van der Waals surface area (Å²) in [6.07, 6.45) is 3.50. The zero-order chi connectivity index (χ0) is 21.4. The SMILES string of the molecule is COc1ccc(Cn2c(=O)n3ncnc3c3c4c(sc32)CN(CCCSN)CC4)cc1. The highest BCUT2D eigenvalue weighted by Gasteiger charge is 2.26. The number of nitrogens with two attached hydrogens (primary N) is 1. The first-order valence-electron chi connectivity index (χ1n) is 10.2. The van der Waals surface area contributed by atoms with Gasteiger partial charge in [0.25, 0.3) is 0 Å². The number of hydrogen-bond acceptors (Lipinski definition) is 8. The van der Waals surface area contributed by atoms with Crippen molar-refractivity contribution < 1.29 is 4.74 Å². The molecular weight excluding hydrogens is 432 g/mol. The minimum atomic E-state index is -0.161. The van der Waals surface area contributed by atoms with Crippen molar-refractivity contribution in [3.63, 3.8) is 0 Å². The van der Waals surface area contributed by atoms with Crippen LogP contribution in [0, 0.1) is 0 Å². The van der Waals surface area contributed by atoms with Crippen LogP contribution in [0.1, 0.15) is 22.4 Å². The molecule has 8 nitrogen and oxygen atoms in total. The lowest BCUT2D eigenvalue weighted by Crippen LogP contribution is -2.31. The van der Waals surface area contributed by atoms with E-state index < -0.39 is 0 Å². The smallest absolute Gasteiger partial charge is 0.352 e. The van der Waals surface area contributed by atoms with Crippen molar-refractivity contribution in [2.75, 3.05) is 26.0 Å². The second-order valence-corrected chi connectivity index (χ2v) is 9.47. The van der Waals surface area contributed by atoms with E-state index >= 15 is 0 Å². The molecule has 1 aromatic carbocycles. The Bertz CT molecular complexity index is 1280. The first-order valence-corrected chi connectivity index (χ1v) is 12.1. The van der Waals surface area contributed by atoms with Crippen LogP contribution >= 0.6 is 23.3 Å². The van der Waals surface area contributed by atoms with E-state index in [2.05, 4.69) is 15.0 Å². The molecule has 0 atom stereocenters. The highest BCUT2D eigenvalue weighted by molar-refractivity contribution is 7.97. The van der Waals surface area contributed by atoms with E-state index in [1.165, 1.54) is 33.2 Å². The Kier molecular flexibility index (Phi) is 5.70. The monoisotopic (exact) mass is 456 g/mol. The third-order valence-corrected chi connectivity index (χ3v) is 7.55. The van der Waals surface area contributed by atoms with Crippen LogP contribution in [0.5, 0.6) is 5.75 Å². The molecule has 162 valence electrons. The number of fused-ring (bicyclic) bond motifs is 5. The lowest BCUT2D eigenvalue weighted by atomic mass is 10.0. The van der Waals surface area contributed by atoms with Crippen LogP contribution < -0.4 is 15.6 Å². The van der Waals surface area contributed by atoms with E-state index in [9.17, 15) is 4.79 Å². The highest BCUT2D eigenvalue weighted by Crippen LogP contribution is 2.36. The first-order chi connectivity index (χ1) is 15.2. The summed E-state index contributed by atoms with van der Waals surface area (Å²) in [6.45, 7) is 3.43. The van der Waals surface area contributed by atoms with Crippen molar-refractivity contribution >= 4 is 39.1 Å². The minimum absolute atomic E-state index is 0.161. The molecule has 0 aliphatic carbocycles. The Balaban J connectivity index is 1.58. The number of methoxy groups -OCH3 is 1. The van der Waals surface area contributed by atoms with E-state index in [4.69, 9.17) is 9.88 Å². The lowest BCUT2D eigenvalue weighted by Gasteiger charge is -2.26. The molecule has 2 N–H and O–H groups in total. The van der Waals surface area contributed by atoms with Crippen LogP contribution in [0.3, 0.4) is 0 Å². The van der Waals surface area contributed by atoms with Gasteiger partial charge < -0.3 is 4.74 Å². The number of ether oxygens (including phenoxy) is 1. The summed E-state index contributed by atoms with van der Waals surface area (Å²) in [4.78, 5) is 22.5. The number of nitrogens with zero attached hydrogens (tertiary/aromatic N) is 5. The molecule has 1 aliphatic rings. The second kappa shape index (κ2) is 8.62. The maximum Gasteiger partial charge on any atom is 0.352 e. The van der Waals surface area contributed by atoms with Gasteiger partial charge in [-0.15, -0.1) is 11.3 Å². The predicted octanol–water partition coefficient (Wildman–Crippen LogP) is 2.52. The maximum atomic E-state index is 13.3. The van der Waals surface area contributed by atoms with Gasteiger partial charge in [-0.1, -0.05) is 24.1 Å². The predicted molar refractivity (Wildman–Crippen MR) is 125 cm³/mol. The van der Waals surface area contributed by atoms with E-state index in [1.807, 2.05) is 28.8 Å². The fourth-order valence-corrected chi connectivity index (χ4v) is 5.90. The van der Waals surface area contributed by atoms with Gasteiger partial charge in [-0.3, -0.25) is 14.6 Å². The lowest BCUT2D eigenvalue weighted by molar-refractivity contribution is 0.259. The quantitative estimate of drug-likeness (QED) is 0.338. The molecule has 5 rings (SSSR count). The summed E-state index contributed by atoms with van der Waals surface area (Å²) in [7, 11) is 1.65. The van der Waals surface area contributed by atoms with Crippen molar-refractivity contribution in [3.05, 3.63) is 57.1 Å². The van der Waals surface area contributed by atoms with E-state index in [0.29, 0.717) is 12.2 Å². The molecule has 0 fully saturated rings. The Morgan fingerprint density at radius 2 is 2.13 bits per heavy atom. The topological polar surface area (TPSA) is 90.7 Å². The molecular formula is C21H24N6O2S2. The van der Waals surface area contributed by atoms with Crippen LogP contribution in [0.4, 0.5) is 0 Å². The normalized spacial score (nSPS) is 14.4. The van der Waals surface area contributed by atoms with Gasteiger partial charge in [0.05, 0.1) is 19.0 Å². The zero-order valence-electron chi connectivity index (χ0n) is 17.3. The third-order valence-electron chi connectivity index (χ3n) is 5.78. The molecule has 1 aliphatic heterocycles. The Morgan fingerprint density at radius 1 is 1.29 bits per heavy atom. The van der Waals surface area contributed by atoms with Crippen molar-refractivity contribution in [3.8, 4) is 5.75 Å². The average Bonchev–Trinajstić information content (AvgIpc) is 3.41. The Labute approximate surface area is 187 Å². The van der Waals surface area contributed by atoms with Gasteiger partial charge in [0.2, 0.25) is 0 Å². The van der Waals surface area contributed by atoms with Crippen molar-refractivity contribution in [2.24, 2.45) is 5.14 Å². The number of rotatable bonds is 7. The fourth-order valence-electron chi connectivity index (χ4n) is 4.23. The van der Waals surface area contributed by atoms with Crippen LogP contribution in [0.25, 0.3) is 15.9 Å². The first kappa shape index (κ1) is 20.5. The molecule has 4 aromatic rings. The largest absolute Gasteiger partial charge is 0.497 e. The van der Waals surface area contributed by atoms with Gasteiger partial charge in [0.15, 0.2) is 5.65 Å². The molecule has 0 unspecified atom stereocenters. The second-order valence-electron chi connectivity index (χ2n) is 7.65. The van der Waals surface area contributed by atoms with Gasteiger partial charge >= 0.3 is 5.69 Å². The summed E-state index contributed by atoms with van der Waals surface area (Å²) < 4.78 is 8.52. The van der Waals surface area contributed by atoms with Gasteiger partial charge in [0.1, 0.15) is 16.9 Å². The number of hydrogen-bond donors (Lipinski definition) is 1. The molecule has 0 amide bonds. The van der Waals surface area contributed by atoms with Gasteiger partial charge in [-0.25, -0.2) is 9.78 Å². The molecule has 0 saturated heterocycles. The van der Waals surface area contributed by atoms with Crippen LogP contribution in [0.15, 0.2) is 35.4 Å². The number of benzene rings is 1. The fraction of sp³-hybridized carbons (Fsp3) is 0.381. The molecule has 0 spiro atoms. The van der Waals surface area contributed by atoms with E-state index in [-0.39, 0.29) is 5.69 Å². The molecule has 0 bridgehead atoms. The third kappa shape index (κ3) is 3.73. The van der Waals surface area contributed by atoms with Gasteiger partial charge in [0, 0.05) is 23.7 Å². The van der Waals surface area contributed by atoms with E-state index in [0.717, 1.165) is 59.8 Å². The molecule has 3 aromatic heterocycles. The zero-order valence-corrected chi connectivity index (χ0v) is 18.9. The highest BCUT2D eigenvalue weighted by atomic mass is 32.2. The van der Waals surface area contributed by atoms with Crippen LogP contribution in [-0.4, -0.2) is 50.0 Å². The Hall–Kier alpha value is -2.40. The van der Waals surface area contributed by atoms with Crippen molar-refractivity contribution in [2.45, 2.75) is 25.9 Å². The van der Waals surface area contributed by atoms with Crippen molar-refractivity contribution in [1.82, 2.24) is 24.1 Å². The summed E-state index contributed by atoms with van der Waals surface area (Å²) in [5, 5.41) is 10.9. The van der Waals surface area contributed by atoms with Crippen molar-refractivity contribution in [1.29, 1.82) is 0 Å². The molecule has 0 radical (unpaired) electrons.